The van der Waals surface area contributed by atoms with E-state index in [9.17, 15) is 4.39 Å². The third-order valence-electron chi connectivity index (χ3n) is 2.24. The predicted molar refractivity (Wildman–Crippen MR) is 69.2 cm³/mol. The summed E-state index contributed by atoms with van der Waals surface area (Å²) in [4.78, 5) is 7.34. The summed E-state index contributed by atoms with van der Waals surface area (Å²) >= 11 is 9.02. The quantitative estimate of drug-likeness (QED) is 0.848. The van der Waals surface area contributed by atoms with Gasteiger partial charge in [0.2, 0.25) is 5.28 Å². The molecule has 1 N–H and O–H groups in total. The summed E-state index contributed by atoms with van der Waals surface area (Å²) in [6, 6.07) is 5.58. The zero-order chi connectivity index (χ0) is 12.4. The molecule has 0 spiro atoms. The minimum Gasteiger partial charge on any atom is -0.337 e. The molecule has 0 saturated heterocycles. The summed E-state index contributed by atoms with van der Waals surface area (Å²) in [5, 5.41) is 2.88. The molecule has 1 aromatic carbocycles. The van der Waals surface area contributed by atoms with Gasteiger partial charge in [-0.2, -0.15) is 4.98 Å². The minimum absolute atomic E-state index is 0.00144. The summed E-state index contributed by atoms with van der Waals surface area (Å²) in [7, 11) is 0. The lowest BCUT2D eigenvalue weighted by Gasteiger charge is -2.10. The molecule has 0 aliphatic carbocycles. The van der Waals surface area contributed by atoms with Crippen molar-refractivity contribution in [2.75, 3.05) is 5.32 Å². The minimum atomic E-state index is -0.547. The van der Waals surface area contributed by atoms with E-state index in [0.29, 0.717) is 0 Å². The number of benzene rings is 1. The molecule has 0 atom stereocenters. The maximum absolute atomic E-state index is 13.4. The largest absolute Gasteiger partial charge is 0.337 e. The number of halogens is 3. The smallest absolute Gasteiger partial charge is 0.224 e. The molecule has 0 aliphatic heterocycles. The summed E-state index contributed by atoms with van der Waals surface area (Å²) in [6.07, 6.45) is 1.03. The van der Waals surface area contributed by atoms with Gasteiger partial charge in [0, 0.05) is 10.2 Å². The van der Waals surface area contributed by atoms with E-state index in [1.807, 2.05) is 25.1 Å². The normalized spacial score (nSPS) is 10.4. The number of nitrogens with one attached hydrogen (secondary N) is 1. The number of rotatable bonds is 2. The maximum atomic E-state index is 13.4. The van der Waals surface area contributed by atoms with Crippen molar-refractivity contribution in [1.29, 1.82) is 0 Å². The molecule has 1 aromatic heterocycles. The highest BCUT2D eigenvalue weighted by molar-refractivity contribution is 9.10. The van der Waals surface area contributed by atoms with Crippen molar-refractivity contribution in [2.45, 2.75) is 6.92 Å². The van der Waals surface area contributed by atoms with E-state index in [2.05, 4.69) is 31.2 Å². The van der Waals surface area contributed by atoms with Gasteiger partial charge in [0.1, 0.15) is 0 Å². The molecular weight excluding hydrogens is 308 g/mol. The van der Waals surface area contributed by atoms with Gasteiger partial charge in [-0.1, -0.05) is 22.0 Å². The van der Waals surface area contributed by atoms with Gasteiger partial charge >= 0.3 is 0 Å². The first-order chi connectivity index (χ1) is 8.08. The van der Waals surface area contributed by atoms with Crippen molar-refractivity contribution in [2.24, 2.45) is 0 Å². The van der Waals surface area contributed by atoms with Gasteiger partial charge < -0.3 is 5.32 Å². The van der Waals surface area contributed by atoms with E-state index in [0.717, 1.165) is 21.9 Å². The first-order valence-corrected chi connectivity index (χ1v) is 5.95. The molecule has 17 heavy (non-hydrogen) atoms. The lowest BCUT2D eigenvalue weighted by molar-refractivity contribution is 0.619. The summed E-state index contributed by atoms with van der Waals surface area (Å²) in [5.74, 6) is -0.486. The molecule has 0 aliphatic rings. The van der Waals surface area contributed by atoms with Gasteiger partial charge in [0.05, 0.1) is 6.20 Å². The monoisotopic (exact) mass is 315 g/mol. The zero-order valence-corrected chi connectivity index (χ0v) is 11.2. The molecule has 6 heteroatoms. The second-order valence-corrected chi connectivity index (χ2v) is 4.57. The van der Waals surface area contributed by atoms with Crippen molar-refractivity contribution >= 4 is 39.0 Å². The molecule has 0 radical (unpaired) electrons. The van der Waals surface area contributed by atoms with Crippen LogP contribution in [0, 0.1) is 12.7 Å². The molecular formula is C11H8BrClFN3. The summed E-state index contributed by atoms with van der Waals surface area (Å²) in [6.45, 7) is 1.91. The fraction of sp³-hybridized carbons (Fsp3) is 0.0909. The van der Waals surface area contributed by atoms with Crippen LogP contribution in [0.25, 0.3) is 0 Å². The highest BCUT2D eigenvalue weighted by Crippen LogP contribution is 2.26. The number of aromatic nitrogens is 2. The number of nitrogens with zero attached hydrogens (tertiary/aromatic N) is 2. The first kappa shape index (κ1) is 12.3. The Hall–Kier alpha value is -1.20. The van der Waals surface area contributed by atoms with Crippen LogP contribution in [0.2, 0.25) is 5.28 Å². The predicted octanol–water partition coefficient (Wildman–Crippen LogP) is 4.08. The third-order valence-corrected chi connectivity index (χ3v) is 3.28. The number of hydrogen-bond acceptors (Lipinski definition) is 3. The lowest BCUT2D eigenvalue weighted by atomic mass is 10.2. The standard InChI is InChI=1S/C11H8BrClFN3/c1-6-7(12)3-2-4-9(6)16-10-8(14)5-15-11(13)17-10/h2-5H,1H3,(H,15,16,17). The Morgan fingerprint density at radius 1 is 1.41 bits per heavy atom. The van der Waals surface area contributed by atoms with E-state index in [1.165, 1.54) is 0 Å². The Balaban J connectivity index is 2.38. The number of hydrogen-bond donors (Lipinski definition) is 1. The van der Waals surface area contributed by atoms with E-state index in [1.54, 1.807) is 0 Å². The zero-order valence-electron chi connectivity index (χ0n) is 8.84. The first-order valence-electron chi connectivity index (χ1n) is 4.78. The Bertz CT molecular complexity index is 562. The molecule has 0 bridgehead atoms. The van der Waals surface area contributed by atoms with Crippen LogP contribution >= 0.6 is 27.5 Å². The second kappa shape index (κ2) is 4.98. The lowest BCUT2D eigenvalue weighted by Crippen LogP contribution is -2.00. The molecule has 88 valence electrons. The van der Waals surface area contributed by atoms with Gasteiger partial charge in [0.15, 0.2) is 11.6 Å². The molecule has 3 nitrogen and oxygen atoms in total. The van der Waals surface area contributed by atoms with Gasteiger partial charge in [-0.15, -0.1) is 0 Å². The third kappa shape index (κ3) is 2.73. The summed E-state index contributed by atoms with van der Waals surface area (Å²) < 4.78 is 14.4. The van der Waals surface area contributed by atoms with E-state index in [4.69, 9.17) is 11.6 Å². The summed E-state index contributed by atoms with van der Waals surface area (Å²) in [5.41, 5.74) is 1.72. The van der Waals surface area contributed by atoms with Crippen molar-refractivity contribution in [3.8, 4) is 0 Å². The second-order valence-electron chi connectivity index (χ2n) is 3.37. The molecule has 2 aromatic rings. The molecule has 0 unspecified atom stereocenters. The fourth-order valence-electron chi connectivity index (χ4n) is 1.30. The van der Waals surface area contributed by atoms with Crippen LogP contribution < -0.4 is 5.32 Å². The Morgan fingerprint density at radius 3 is 2.94 bits per heavy atom. The van der Waals surface area contributed by atoms with Crippen LogP contribution in [0.15, 0.2) is 28.9 Å². The molecule has 0 fully saturated rings. The Labute approximate surface area is 111 Å². The van der Waals surface area contributed by atoms with Gasteiger partial charge in [-0.05, 0) is 36.2 Å². The maximum Gasteiger partial charge on any atom is 0.224 e. The molecule has 1 heterocycles. The Kier molecular flexibility index (Phi) is 3.59. The molecule has 0 saturated carbocycles. The van der Waals surface area contributed by atoms with Crippen LogP contribution in [0.4, 0.5) is 15.9 Å². The van der Waals surface area contributed by atoms with E-state index in [-0.39, 0.29) is 11.1 Å². The van der Waals surface area contributed by atoms with Crippen LogP contribution in [-0.4, -0.2) is 9.97 Å². The van der Waals surface area contributed by atoms with Gasteiger partial charge in [-0.25, -0.2) is 9.37 Å². The number of anilines is 2. The Morgan fingerprint density at radius 2 is 2.18 bits per heavy atom. The van der Waals surface area contributed by atoms with Crippen LogP contribution in [-0.2, 0) is 0 Å². The average Bonchev–Trinajstić information content (AvgIpc) is 2.30. The average molecular weight is 317 g/mol. The van der Waals surface area contributed by atoms with Crippen molar-refractivity contribution < 1.29 is 4.39 Å². The van der Waals surface area contributed by atoms with Crippen molar-refractivity contribution in [1.82, 2.24) is 9.97 Å². The van der Waals surface area contributed by atoms with Crippen molar-refractivity contribution in [3.63, 3.8) is 0 Å². The highest BCUT2D eigenvalue weighted by atomic mass is 79.9. The van der Waals surface area contributed by atoms with E-state index < -0.39 is 5.82 Å². The highest BCUT2D eigenvalue weighted by Gasteiger charge is 2.08. The molecule has 0 amide bonds. The van der Waals surface area contributed by atoms with Gasteiger partial charge in [-0.3, -0.25) is 0 Å². The van der Waals surface area contributed by atoms with Gasteiger partial charge in [0.25, 0.3) is 0 Å². The van der Waals surface area contributed by atoms with Crippen LogP contribution in [0.3, 0.4) is 0 Å². The SMILES string of the molecule is Cc1c(Br)cccc1Nc1nc(Cl)ncc1F. The topological polar surface area (TPSA) is 37.8 Å². The van der Waals surface area contributed by atoms with Crippen LogP contribution in [0.1, 0.15) is 5.56 Å². The molecule has 2 rings (SSSR count). The van der Waals surface area contributed by atoms with Crippen molar-refractivity contribution in [3.05, 3.63) is 45.5 Å². The van der Waals surface area contributed by atoms with E-state index >= 15 is 0 Å². The fourth-order valence-corrected chi connectivity index (χ4v) is 1.80. The van der Waals surface area contributed by atoms with Crippen LogP contribution in [0.5, 0.6) is 0 Å².